The molecule has 1 aromatic carbocycles. The molecule has 3 rings (SSSR count). The first-order chi connectivity index (χ1) is 11.0. The lowest BCUT2D eigenvalue weighted by Crippen LogP contribution is -2.49. The molecule has 23 heavy (non-hydrogen) atoms. The summed E-state index contributed by atoms with van der Waals surface area (Å²) in [4.78, 5) is 16.7. The van der Waals surface area contributed by atoms with Crippen LogP contribution in [-0.2, 0) is 7.05 Å². The van der Waals surface area contributed by atoms with Crippen LogP contribution in [0, 0.1) is 6.92 Å². The van der Waals surface area contributed by atoms with E-state index in [9.17, 15) is 4.79 Å². The van der Waals surface area contributed by atoms with Gasteiger partial charge in [0.05, 0.1) is 10.7 Å². The summed E-state index contributed by atoms with van der Waals surface area (Å²) in [6.07, 6.45) is 0. The zero-order chi connectivity index (χ0) is 16.6. The molecule has 0 N–H and O–H groups in total. The van der Waals surface area contributed by atoms with Gasteiger partial charge in [-0.2, -0.15) is 5.10 Å². The Morgan fingerprint density at radius 2 is 1.70 bits per heavy atom. The van der Waals surface area contributed by atoms with Gasteiger partial charge in [-0.3, -0.25) is 9.48 Å². The Kier molecular flexibility index (Phi) is 4.50. The molecule has 0 spiro atoms. The number of benzene rings is 1. The Balaban J connectivity index is 1.67. The molecule has 1 aliphatic rings. The lowest BCUT2D eigenvalue weighted by molar-refractivity contribution is 0.0740. The van der Waals surface area contributed by atoms with Gasteiger partial charge in [0.15, 0.2) is 5.69 Å². The van der Waals surface area contributed by atoms with E-state index in [1.807, 2.05) is 31.2 Å². The van der Waals surface area contributed by atoms with E-state index < -0.39 is 0 Å². The molecule has 0 unspecified atom stereocenters. The maximum absolute atomic E-state index is 12.6. The van der Waals surface area contributed by atoms with Gasteiger partial charge in [-0.05, 0) is 31.2 Å². The highest BCUT2D eigenvalue weighted by atomic mass is 35.5. The molecule has 1 aliphatic heterocycles. The topological polar surface area (TPSA) is 41.4 Å². The van der Waals surface area contributed by atoms with Gasteiger partial charge in [0.1, 0.15) is 0 Å². The molecule has 0 aliphatic carbocycles. The molecule has 1 amide bonds. The molecule has 1 saturated heterocycles. The molecular formula is C16H18Cl2N4O. The van der Waals surface area contributed by atoms with Crippen LogP contribution >= 0.6 is 23.2 Å². The Morgan fingerprint density at radius 1 is 1.09 bits per heavy atom. The molecule has 5 nitrogen and oxygen atoms in total. The average Bonchev–Trinajstić information content (AvgIpc) is 2.83. The van der Waals surface area contributed by atoms with Crippen LogP contribution in [0.15, 0.2) is 24.3 Å². The van der Waals surface area contributed by atoms with Crippen molar-refractivity contribution < 1.29 is 4.79 Å². The molecule has 7 heteroatoms. The van der Waals surface area contributed by atoms with Crippen molar-refractivity contribution in [3.8, 4) is 0 Å². The van der Waals surface area contributed by atoms with E-state index in [1.54, 1.807) is 16.6 Å². The van der Waals surface area contributed by atoms with Gasteiger partial charge in [-0.1, -0.05) is 23.2 Å². The lowest BCUT2D eigenvalue weighted by atomic mass is 10.2. The summed E-state index contributed by atoms with van der Waals surface area (Å²) < 4.78 is 1.64. The number of aromatic nitrogens is 2. The van der Waals surface area contributed by atoms with Crippen LogP contribution in [-0.4, -0.2) is 46.8 Å². The smallest absolute Gasteiger partial charge is 0.276 e. The predicted octanol–water partition coefficient (Wildman–Crippen LogP) is 3.00. The zero-order valence-corrected chi connectivity index (χ0v) is 14.6. The summed E-state index contributed by atoms with van der Waals surface area (Å²) in [5.74, 6) is -0.102. The normalized spacial score (nSPS) is 15.1. The van der Waals surface area contributed by atoms with Gasteiger partial charge in [0, 0.05) is 43.9 Å². The summed E-state index contributed by atoms with van der Waals surface area (Å²) in [6, 6.07) is 7.76. The van der Waals surface area contributed by atoms with Crippen molar-refractivity contribution in [2.24, 2.45) is 7.05 Å². The Labute approximate surface area is 145 Å². The van der Waals surface area contributed by atoms with Crippen LogP contribution in [0.4, 0.5) is 5.69 Å². The molecule has 0 bridgehead atoms. The van der Waals surface area contributed by atoms with Crippen LogP contribution < -0.4 is 4.90 Å². The van der Waals surface area contributed by atoms with Crippen molar-refractivity contribution in [3.05, 3.63) is 45.7 Å². The number of piperazine rings is 1. The van der Waals surface area contributed by atoms with Crippen LogP contribution in [0.25, 0.3) is 0 Å². The van der Waals surface area contributed by atoms with E-state index in [0.717, 1.165) is 29.5 Å². The number of carbonyl (C=O) groups is 1. The number of hydrogen-bond acceptors (Lipinski definition) is 3. The van der Waals surface area contributed by atoms with Crippen molar-refractivity contribution in [1.29, 1.82) is 0 Å². The first-order valence-electron chi connectivity index (χ1n) is 7.46. The Morgan fingerprint density at radius 3 is 2.22 bits per heavy atom. The highest BCUT2D eigenvalue weighted by molar-refractivity contribution is 6.34. The summed E-state index contributed by atoms with van der Waals surface area (Å²) in [7, 11) is 1.79. The molecule has 1 aromatic heterocycles. The van der Waals surface area contributed by atoms with Crippen molar-refractivity contribution >= 4 is 34.8 Å². The van der Waals surface area contributed by atoms with Gasteiger partial charge in [0.25, 0.3) is 5.91 Å². The van der Waals surface area contributed by atoms with E-state index in [4.69, 9.17) is 23.2 Å². The Hall–Kier alpha value is -1.72. The maximum atomic E-state index is 12.6. The Bertz CT molecular complexity index is 718. The molecule has 1 fully saturated rings. The fraction of sp³-hybridized carbons (Fsp3) is 0.375. The van der Waals surface area contributed by atoms with E-state index in [1.165, 1.54) is 0 Å². The number of carbonyl (C=O) groups excluding carboxylic acids is 1. The van der Waals surface area contributed by atoms with Gasteiger partial charge in [0.2, 0.25) is 0 Å². The SMILES string of the molecule is Cc1c(Cl)c(C(=O)N2CCN(c3ccc(Cl)cc3)CC2)nn1C. The molecule has 0 atom stereocenters. The second kappa shape index (κ2) is 6.42. The quantitative estimate of drug-likeness (QED) is 0.834. The van der Waals surface area contributed by atoms with E-state index in [-0.39, 0.29) is 5.91 Å². The van der Waals surface area contributed by atoms with Gasteiger partial charge in [-0.25, -0.2) is 0 Å². The fourth-order valence-electron chi connectivity index (χ4n) is 2.69. The third kappa shape index (κ3) is 3.16. The maximum Gasteiger partial charge on any atom is 0.276 e. The van der Waals surface area contributed by atoms with Crippen LogP contribution in [0.5, 0.6) is 0 Å². The van der Waals surface area contributed by atoms with Gasteiger partial charge < -0.3 is 9.80 Å². The summed E-state index contributed by atoms with van der Waals surface area (Å²) in [6.45, 7) is 4.69. The fourth-order valence-corrected chi connectivity index (χ4v) is 3.06. The van der Waals surface area contributed by atoms with Crippen LogP contribution in [0.2, 0.25) is 10.0 Å². The van der Waals surface area contributed by atoms with Crippen molar-refractivity contribution in [3.63, 3.8) is 0 Å². The number of aryl methyl sites for hydroxylation is 1. The number of halogens is 2. The molecule has 2 heterocycles. The van der Waals surface area contributed by atoms with E-state index >= 15 is 0 Å². The first-order valence-corrected chi connectivity index (χ1v) is 8.22. The standard InChI is InChI=1S/C16H18Cl2N4O/c1-11-14(18)15(19-20(11)2)16(23)22-9-7-21(8-10-22)13-5-3-12(17)4-6-13/h3-6H,7-10H2,1-2H3. The summed E-state index contributed by atoms with van der Waals surface area (Å²) in [5, 5.41) is 5.40. The molecule has 122 valence electrons. The second-order valence-electron chi connectivity index (χ2n) is 5.63. The van der Waals surface area contributed by atoms with Crippen molar-refractivity contribution in [1.82, 2.24) is 14.7 Å². The number of rotatable bonds is 2. The molecule has 2 aromatic rings. The number of amides is 1. The number of nitrogens with zero attached hydrogens (tertiary/aromatic N) is 4. The zero-order valence-electron chi connectivity index (χ0n) is 13.1. The molecule has 0 saturated carbocycles. The molecular weight excluding hydrogens is 335 g/mol. The van der Waals surface area contributed by atoms with Crippen LogP contribution in [0.3, 0.4) is 0 Å². The van der Waals surface area contributed by atoms with E-state index in [2.05, 4.69) is 10.00 Å². The highest BCUT2D eigenvalue weighted by Gasteiger charge is 2.26. The minimum Gasteiger partial charge on any atom is -0.368 e. The number of hydrogen-bond donors (Lipinski definition) is 0. The van der Waals surface area contributed by atoms with Crippen molar-refractivity contribution in [2.45, 2.75) is 6.92 Å². The van der Waals surface area contributed by atoms with Gasteiger partial charge in [-0.15, -0.1) is 0 Å². The predicted molar refractivity (Wildman–Crippen MR) is 92.5 cm³/mol. The third-order valence-electron chi connectivity index (χ3n) is 4.22. The molecule has 0 radical (unpaired) electrons. The monoisotopic (exact) mass is 352 g/mol. The lowest BCUT2D eigenvalue weighted by Gasteiger charge is -2.35. The van der Waals surface area contributed by atoms with E-state index in [0.29, 0.717) is 23.8 Å². The number of anilines is 1. The summed E-state index contributed by atoms with van der Waals surface area (Å²) in [5.41, 5.74) is 2.26. The largest absolute Gasteiger partial charge is 0.368 e. The highest BCUT2D eigenvalue weighted by Crippen LogP contribution is 2.23. The second-order valence-corrected chi connectivity index (χ2v) is 6.44. The van der Waals surface area contributed by atoms with Crippen molar-refractivity contribution in [2.75, 3.05) is 31.1 Å². The minimum atomic E-state index is -0.102. The van der Waals surface area contributed by atoms with Crippen LogP contribution in [0.1, 0.15) is 16.2 Å². The average molecular weight is 353 g/mol. The summed E-state index contributed by atoms with van der Waals surface area (Å²) >= 11 is 12.1. The van der Waals surface area contributed by atoms with Gasteiger partial charge >= 0.3 is 0 Å². The first kappa shape index (κ1) is 16.1. The minimum absolute atomic E-state index is 0.102. The third-order valence-corrected chi connectivity index (χ3v) is 4.93.